The Hall–Kier alpha value is -2.42. The highest BCUT2D eigenvalue weighted by Gasteiger charge is 2.06. The van der Waals surface area contributed by atoms with Crippen LogP contribution in [0.4, 0.5) is 10.5 Å². The van der Waals surface area contributed by atoms with E-state index in [1.165, 1.54) is 0 Å². The molecule has 7 heteroatoms. The van der Waals surface area contributed by atoms with Crippen LogP contribution in [0.2, 0.25) is 10.0 Å². The fraction of sp³-hybridized carbons (Fsp3) is 0.0667. The summed E-state index contributed by atoms with van der Waals surface area (Å²) >= 11 is 11.7. The Labute approximate surface area is 137 Å². The van der Waals surface area contributed by atoms with Crippen LogP contribution in [0.3, 0.4) is 0 Å². The van der Waals surface area contributed by atoms with Gasteiger partial charge < -0.3 is 15.4 Å². The topological polar surface area (TPSA) is 74.2 Å². The lowest BCUT2D eigenvalue weighted by atomic mass is 10.2. The number of carbonyl (C=O) groups excluding carboxylic acids is 1. The van der Waals surface area contributed by atoms with E-state index < -0.39 is 6.03 Å². The van der Waals surface area contributed by atoms with E-state index in [9.17, 15) is 4.79 Å². The van der Waals surface area contributed by atoms with Crippen LogP contribution in [0, 0.1) is 11.3 Å². The Bertz CT molecular complexity index is 729. The molecule has 0 saturated heterocycles. The van der Waals surface area contributed by atoms with Gasteiger partial charge in [0.2, 0.25) is 0 Å². The molecule has 0 bridgehead atoms. The van der Waals surface area contributed by atoms with Crippen molar-refractivity contribution < 1.29 is 9.53 Å². The lowest BCUT2D eigenvalue weighted by Crippen LogP contribution is -2.32. The molecule has 112 valence electrons. The quantitative estimate of drug-likeness (QED) is 0.828. The summed E-state index contributed by atoms with van der Waals surface area (Å²) in [6.45, 7) is -0.0814. The molecule has 5 nitrogen and oxygen atoms in total. The van der Waals surface area contributed by atoms with Gasteiger partial charge in [-0.1, -0.05) is 35.3 Å². The smallest absolute Gasteiger partial charge is 0.321 e. The standard InChI is InChI=1S/C15H11Cl2N3O2/c16-11-5-6-14(12(17)7-11)22-9-19-15(21)20-13-4-2-1-3-10(13)8-18/h1-7H,9H2,(H2,19,20,21). The minimum atomic E-state index is -0.493. The minimum absolute atomic E-state index is 0.0814. The van der Waals surface area contributed by atoms with Crippen LogP contribution in [-0.2, 0) is 0 Å². The third-order valence-electron chi connectivity index (χ3n) is 2.65. The molecule has 0 aromatic heterocycles. The summed E-state index contributed by atoms with van der Waals surface area (Å²) in [7, 11) is 0. The van der Waals surface area contributed by atoms with Gasteiger partial charge in [0.15, 0.2) is 6.73 Å². The predicted molar refractivity (Wildman–Crippen MR) is 85.3 cm³/mol. The van der Waals surface area contributed by atoms with Crippen molar-refractivity contribution in [2.24, 2.45) is 0 Å². The summed E-state index contributed by atoms with van der Waals surface area (Å²) in [6.07, 6.45) is 0. The number of nitrogens with zero attached hydrogens (tertiary/aromatic N) is 1. The van der Waals surface area contributed by atoms with E-state index >= 15 is 0 Å². The zero-order valence-corrected chi connectivity index (χ0v) is 12.8. The Morgan fingerprint density at radius 3 is 2.73 bits per heavy atom. The SMILES string of the molecule is N#Cc1ccccc1NC(=O)NCOc1ccc(Cl)cc1Cl. The molecule has 0 fully saturated rings. The van der Waals surface area contributed by atoms with E-state index in [1.54, 1.807) is 42.5 Å². The highest BCUT2D eigenvalue weighted by atomic mass is 35.5. The molecule has 0 spiro atoms. The number of anilines is 1. The van der Waals surface area contributed by atoms with Crippen molar-refractivity contribution in [3.05, 3.63) is 58.1 Å². The number of hydrogen-bond donors (Lipinski definition) is 2. The molecule has 22 heavy (non-hydrogen) atoms. The van der Waals surface area contributed by atoms with Gasteiger partial charge in [0.25, 0.3) is 0 Å². The number of nitrogens with one attached hydrogen (secondary N) is 2. The van der Waals surface area contributed by atoms with Gasteiger partial charge in [-0.05, 0) is 30.3 Å². The minimum Gasteiger partial charge on any atom is -0.472 e. The van der Waals surface area contributed by atoms with Gasteiger partial charge >= 0.3 is 6.03 Å². The molecule has 0 atom stereocenters. The predicted octanol–water partition coefficient (Wildman–Crippen LogP) is 4.02. The number of halogens is 2. The zero-order chi connectivity index (χ0) is 15.9. The van der Waals surface area contributed by atoms with E-state index in [1.807, 2.05) is 6.07 Å². The summed E-state index contributed by atoms with van der Waals surface area (Å²) in [4.78, 5) is 11.7. The molecule has 0 saturated carbocycles. The maximum atomic E-state index is 11.7. The summed E-state index contributed by atoms with van der Waals surface area (Å²) < 4.78 is 5.33. The highest BCUT2D eigenvalue weighted by Crippen LogP contribution is 2.27. The van der Waals surface area contributed by atoms with Crippen molar-refractivity contribution in [1.82, 2.24) is 5.32 Å². The third kappa shape index (κ3) is 4.29. The Balaban J connectivity index is 1.87. The van der Waals surface area contributed by atoms with E-state index in [4.69, 9.17) is 33.2 Å². The number of carbonyl (C=O) groups is 1. The molecule has 2 aromatic rings. The van der Waals surface area contributed by atoms with Crippen LogP contribution in [0.1, 0.15) is 5.56 Å². The number of amides is 2. The van der Waals surface area contributed by atoms with Crippen LogP contribution in [0.5, 0.6) is 5.75 Å². The molecule has 0 aliphatic rings. The van der Waals surface area contributed by atoms with Crippen molar-refractivity contribution in [3.63, 3.8) is 0 Å². The van der Waals surface area contributed by atoms with Gasteiger partial charge in [0.05, 0.1) is 16.3 Å². The summed E-state index contributed by atoms with van der Waals surface area (Å²) in [5, 5.41) is 14.8. The molecule has 2 N–H and O–H groups in total. The van der Waals surface area contributed by atoms with Gasteiger partial charge in [0.1, 0.15) is 11.8 Å². The average molecular weight is 336 g/mol. The van der Waals surface area contributed by atoms with Gasteiger partial charge in [-0.2, -0.15) is 5.26 Å². The first-order valence-corrected chi connectivity index (χ1v) is 6.97. The molecule has 2 amide bonds. The van der Waals surface area contributed by atoms with Crippen LogP contribution >= 0.6 is 23.2 Å². The number of nitriles is 1. The first kappa shape index (κ1) is 16.0. The van der Waals surface area contributed by atoms with Crippen LogP contribution in [0.25, 0.3) is 0 Å². The van der Waals surface area contributed by atoms with Crippen LogP contribution in [-0.4, -0.2) is 12.8 Å². The van der Waals surface area contributed by atoms with E-state index in [0.717, 1.165) is 0 Å². The fourth-order valence-electron chi connectivity index (χ4n) is 1.63. The second kappa shape index (κ2) is 7.55. The molecular weight excluding hydrogens is 325 g/mol. The van der Waals surface area contributed by atoms with Crippen molar-refractivity contribution in [2.45, 2.75) is 0 Å². The number of rotatable bonds is 4. The summed E-state index contributed by atoms with van der Waals surface area (Å²) in [5.41, 5.74) is 0.798. The third-order valence-corrected chi connectivity index (χ3v) is 3.18. The molecule has 0 aliphatic carbocycles. The summed E-state index contributed by atoms with van der Waals surface area (Å²) in [6, 6.07) is 13.0. The zero-order valence-electron chi connectivity index (χ0n) is 11.3. The normalized spacial score (nSPS) is 9.68. The average Bonchev–Trinajstić information content (AvgIpc) is 2.50. The second-order valence-corrected chi connectivity index (χ2v) is 5.00. The van der Waals surface area contributed by atoms with Crippen molar-refractivity contribution in [1.29, 1.82) is 5.26 Å². The van der Waals surface area contributed by atoms with Gasteiger partial charge in [-0.3, -0.25) is 0 Å². The van der Waals surface area contributed by atoms with Crippen LogP contribution < -0.4 is 15.4 Å². The van der Waals surface area contributed by atoms with Crippen molar-refractivity contribution in [3.8, 4) is 11.8 Å². The number of urea groups is 1. The first-order chi connectivity index (χ1) is 10.6. The number of hydrogen-bond acceptors (Lipinski definition) is 3. The lowest BCUT2D eigenvalue weighted by Gasteiger charge is -2.11. The van der Waals surface area contributed by atoms with Gasteiger partial charge in [0, 0.05) is 5.02 Å². The number of benzene rings is 2. The van der Waals surface area contributed by atoms with Crippen molar-refractivity contribution in [2.75, 3.05) is 12.0 Å². The number of ether oxygens (including phenoxy) is 1. The molecule has 0 heterocycles. The maximum absolute atomic E-state index is 11.7. The molecule has 2 rings (SSSR count). The van der Waals surface area contributed by atoms with E-state index in [0.29, 0.717) is 27.0 Å². The van der Waals surface area contributed by atoms with Crippen LogP contribution in [0.15, 0.2) is 42.5 Å². The highest BCUT2D eigenvalue weighted by molar-refractivity contribution is 6.35. The van der Waals surface area contributed by atoms with E-state index in [2.05, 4.69) is 10.6 Å². The Morgan fingerprint density at radius 2 is 2.00 bits per heavy atom. The monoisotopic (exact) mass is 335 g/mol. The Kier molecular flexibility index (Phi) is 5.48. The van der Waals surface area contributed by atoms with Gasteiger partial charge in [-0.15, -0.1) is 0 Å². The summed E-state index contributed by atoms with van der Waals surface area (Å²) in [5.74, 6) is 0.406. The fourth-order valence-corrected chi connectivity index (χ4v) is 2.09. The van der Waals surface area contributed by atoms with E-state index in [-0.39, 0.29) is 6.73 Å². The molecular formula is C15H11Cl2N3O2. The lowest BCUT2D eigenvalue weighted by molar-refractivity contribution is 0.234. The molecule has 0 unspecified atom stereocenters. The molecule has 0 aliphatic heterocycles. The largest absolute Gasteiger partial charge is 0.472 e. The first-order valence-electron chi connectivity index (χ1n) is 6.22. The Morgan fingerprint density at radius 1 is 1.23 bits per heavy atom. The molecule has 0 radical (unpaired) electrons. The van der Waals surface area contributed by atoms with Gasteiger partial charge in [-0.25, -0.2) is 4.79 Å². The molecule has 2 aromatic carbocycles. The second-order valence-electron chi connectivity index (χ2n) is 4.15. The maximum Gasteiger partial charge on any atom is 0.321 e. The number of para-hydroxylation sites is 1. The van der Waals surface area contributed by atoms with Crippen molar-refractivity contribution >= 4 is 34.9 Å².